The predicted molar refractivity (Wildman–Crippen MR) is 109 cm³/mol. The summed E-state index contributed by atoms with van der Waals surface area (Å²) in [6, 6.07) is 7.41. The van der Waals surface area contributed by atoms with Gasteiger partial charge in [0.25, 0.3) is 5.91 Å². The van der Waals surface area contributed by atoms with E-state index in [9.17, 15) is 22.8 Å². The molecule has 2 aromatic heterocycles. The van der Waals surface area contributed by atoms with Crippen molar-refractivity contribution in [1.29, 1.82) is 0 Å². The fourth-order valence-electron chi connectivity index (χ4n) is 2.93. The molecule has 0 spiro atoms. The van der Waals surface area contributed by atoms with Crippen molar-refractivity contribution >= 4 is 45.4 Å². The number of anilines is 2. The van der Waals surface area contributed by atoms with Crippen molar-refractivity contribution in [2.75, 3.05) is 17.2 Å². The summed E-state index contributed by atoms with van der Waals surface area (Å²) in [5.74, 6) is -0.229. The Morgan fingerprint density at radius 2 is 1.87 bits per heavy atom. The topological polar surface area (TPSA) is 74.3 Å². The molecule has 0 fully saturated rings. The molecule has 1 aliphatic rings. The molecule has 0 saturated carbocycles. The van der Waals surface area contributed by atoms with Crippen LogP contribution in [0.5, 0.6) is 0 Å². The molecule has 156 valence electrons. The summed E-state index contributed by atoms with van der Waals surface area (Å²) in [4.78, 5) is 32.1. The Morgan fingerprint density at radius 1 is 1.10 bits per heavy atom. The van der Waals surface area contributed by atoms with Crippen LogP contribution in [0.3, 0.4) is 0 Å². The standard InChI is InChI=1S/C19H15F3N4O2S2/c20-19(21,22)11-3-5-12(6-4-11)23-18(28)26-8-7-13-15(10-26)30-17(24-13)25-16(27)14-2-1-9-29-14/h1-6,9H,7-8,10H2,(H,23,28)(H,24,25,27). The number of halogens is 3. The van der Waals surface area contributed by atoms with Gasteiger partial charge in [0, 0.05) is 23.5 Å². The molecule has 0 aliphatic carbocycles. The van der Waals surface area contributed by atoms with E-state index in [1.807, 2.05) is 5.38 Å². The van der Waals surface area contributed by atoms with Gasteiger partial charge in [-0.3, -0.25) is 10.1 Å². The number of carbonyl (C=O) groups is 2. The van der Waals surface area contributed by atoms with Gasteiger partial charge in [-0.1, -0.05) is 17.4 Å². The Morgan fingerprint density at radius 3 is 2.53 bits per heavy atom. The van der Waals surface area contributed by atoms with E-state index in [4.69, 9.17) is 0 Å². The van der Waals surface area contributed by atoms with Crippen LogP contribution in [-0.2, 0) is 19.1 Å². The van der Waals surface area contributed by atoms with Crippen molar-refractivity contribution in [2.24, 2.45) is 0 Å². The Labute approximate surface area is 177 Å². The molecule has 3 heterocycles. The molecule has 0 saturated heterocycles. The van der Waals surface area contributed by atoms with Crippen LogP contribution in [0, 0.1) is 0 Å². The van der Waals surface area contributed by atoms with E-state index >= 15 is 0 Å². The monoisotopic (exact) mass is 452 g/mol. The molecule has 11 heteroatoms. The summed E-state index contributed by atoms with van der Waals surface area (Å²) in [5, 5.41) is 7.67. The number of aromatic nitrogens is 1. The smallest absolute Gasteiger partial charge is 0.319 e. The first-order valence-corrected chi connectivity index (χ1v) is 10.6. The van der Waals surface area contributed by atoms with E-state index in [0.29, 0.717) is 29.5 Å². The lowest BCUT2D eigenvalue weighted by Crippen LogP contribution is -2.38. The molecule has 1 aromatic carbocycles. The molecule has 2 N–H and O–H groups in total. The number of carbonyl (C=O) groups excluding carboxylic acids is 2. The number of hydrogen-bond acceptors (Lipinski definition) is 5. The lowest BCUT2D eigenvalue weighted by molar-refractivity contribution is -0.137. The zero-order valence-electron chi connectivity index (χ0n) is 15.3. The van der Waals surface area contributed by atoms with Crippen LogP contribution >= 0.6 is 22.7 Å². The summed E-state index contributed by atoms with van der Waals surface area (Å²) in [6.07, 6.45) is -3.89. The molecule has 0 radical (unpaired) electrons. The molecule has 30 heavy (non-hydrogen) atoms. The predicted octanol–water partition coefficient (Wildman–Crippen LogP) is 5.07. The second-order valence-corrected chi connectivity index (χ2v) is 8.53. The van der Waals surface area contributed by atoms with Crippen LogP contribution in [0.4, 0.5) is 28.8 Å². The van der Waals surface area contributed by atoms with Gasteiger partial charge in [0.05, 0.1) is 22.7 Å². The summed E-state index contributed by atoms with van der Waals surface area (Å²) in [7, 11) is 0. The zero-order chi connectivity index (χ0) is 21.3. The average Bonchev–Trinajstić information content (AvgIpc) is 3.36. The van der Waals surface area contributed by atoms with Crippen molar-refractivity contribution in [3.63, 3.8) is 0 Å². The van der Waals surface area contributed by atoms with Crippen molar-refractivity contribution in [1.82, 2.24) is 9.88 Å². The molecule has 4 rings (SSSR count). The Kier molecular flexibility index (Phi) is 5.48. The maximum atomic E-state index is 12.6. The minimum atomic E-state index is -4.42. The Hall–Kier alpha value is -2.92. The summed E-state index contributed by atoms with van der Waals surface area (Å²) >= 11 is 2.64. The number of nitrogens with one attached hydrogen (secondary N) is 2. The number of thiazole rings is 1. The fourth-order valence-corrected chi connectivity index (χ4v) is 4.57. The Bertz CT molecular complexity index is 1060. The third-order valence-corrected chi connectivity index (χ3v) is 6.31. The highest BCUT2D eigenvalue weighted by Gasteiger charge is 2.30. The lowest BCUT2D eigenvalue weighted by atomic mass is 10.2. The lowest BCUT2D eigenvalue weighted by Gasteiger charge is -2.26. The number of alkyl halides is 3. The molecule has 0 bridgehead atoms. The number of fused-ring (bicyclic) bond motifs is 1. The maximum Gasteiger partial charge on any atom is 0.416 e. The number of amides is 3. The summed E-state index contributed by atoms with van der Waals surface area (Å²) in [6.45, 7) is 0.732. The van der Waals surface area contributed by atoms with Crippen molar-refractivity contribution in [2.45, 2.75) is 19.1 Å². The van der Waals surface area contributed by atoms with Gasteiger partial charge in [-0.25, -0.2) is 9.78 Å². The third kappa shape index (κ3) is 4.46. The summed E-state index contributed by atoms with van der Waals surface area (Å²) < 4.78 is 37.9. The van der Waals surface area contributed by atoms with E-state index in [0.717, 1.165) is 22.7 Å². The minimum Gasteiger partial charge on any atom is -0.319 e. The molecular weight excluding hydrogens is 437 g/mol. The second-order valence-electron chi connectivity index (χ2n) is 6.50. The molecule has 0 atom stereocenters. The van der Waals surface area contributed by atoms with Crippen LogP contribution in [0.2, 0.25) is 0 Å². The van der Waals surface area contributed by atoms with E-state index in [1.165, 1.54) is 34.8 Å². The zero-order valence-corrected chi connectivity index (χ0v) is 17.0. The van der Waals surface area contributed by atoms with Gasteiger partial charge in [-0.15, -0.1) is 11.3 Å². The number of urea groups is 1. The van der Waals surface area contributed by atoms with Gasteiger partial charge in [0.15, 0.2) is 5.13 Å². The van der Waals surface area contributed by atoms with E-state index in [2.05, 4.69) is 15.6 Å². The second kappa shape index (κ2) is 8.07. The third-order valence-electron chi connectivity index (χ3n) is 4.45. The molecule has 3 amide bonds. The first kappa shape index (κ1) is 20.4. The SMILES string of the molecule is O=C(Nc1nc2c(s1)CN(C(=O)Nc1ccc(C(F)(F)F)cc1)CC2)c1cccs1. The summed E-state index contributed by atoms with van der Waals surface area (Å²) in [5.41, 5.74) is 0.344. The van der Waals surface area contributed by atoms with E-state index in [1.54, 1.807) is 17.0 Å². The van der Waals surface area contributed by atoms with Crippen LogP contribution in [-0.4, -0.2) is 28.4 Å². The molecular formula is C19H15F3N4O2S2. The van der Waals surface area contributed by atoms with Gasteiger partial charge in [0.1, 0.15) is 0 Å². The first-order chi connectivity index (χ1) is 14.3. The largest absolute Gasteiger partial charge is 0.416 e. The van der Waals surface area contributed by atoms with Crippen LogP contribution in [0.25, 0.3) is 0 Å². The normalized spacial score (nSPS) is 13.6. The first-order valence-electron chi connectivity index (χ1n) is 8.86. The van der Waals surface area contributed by atoms with Gasteiger partial charge in [-0.2, -0.15) is 13.2 Å². The van der Waals surface area contributed by atoms with Gasteiger partial charge < -0.3 is 10.2 Å². The highest BCUT2D eigenvalue weighted by molar-refractivity contribution is 7.16. The molecule has 1 aliphatic heterocycles. The minimum absolute atomic E-state index is 0.229. The number of hydrogen-bond donors (Lipinski definition) is 2. The highest BCUT2D eigenvalue weighted by atomic mass is 32.1. The number of nitrogens with zero attached hydrogens (tertiary/aromatic N) is 2. The van der Waals surface area contributed by atoms with E-state index in [-0.39, 0.29) is 11.6 Å². The maximum absolute atomic E-state index is 12.6. The Balaban J connectivity index is 1.38. The number of benzene rings is 1. The van der Waals surface area contributed by atoms with Gasteiger partial charge in [0.2, 0.25) is 0 Å². The van der Waals surface area contributed by atoms with Gasteiger partial charge in [-0.05, 0) is 35.7 Å². The highest BCUT2D eigenvalue weighted by Crippen LogP contribution is 2.31. The van der Waals surface area contributed by atoms with Crippen molar-refractivity contribution in [3.8, 4) is 0 Å². The fraction of sp³-hybridized carbons (Fsp3) is 0.211. The average molecular weight is 452 g/mol. The van der Waals surface area contributed by atoms with Crippen LogP contribution in [0.1, 0.15) is 25.8 Å². The van der Waals surface area contributed by atoms with E-state index < -0.39 is 17.8 Å². The number of rotatable bonds is 3. The quantitative estimate of drug-likeness (QED) is 0.583. The van der Waals surface area contributed by atoms with Gasteiger partial charge >= 0.3 is 12.2 Å². The molecule has 6 nitrogen and oxygen atoms in total. The molecule has 3 aromatic rings. The van der Waals surface area contributed by atoms with Crippen LogP contribution in [0.15, 0.2) is 41.8 Å². The van der Waals surface area contributed by atoms with Crippen molar-refractivity contribution < 1.29 is 22.8 Å². The molecule has 0 unspecified atom stereocenters. The van der Waals surface area contributed by atoms with Crippen molar-refractivity contribution in [3.05, 3.63) is 62.8 Å². The van der Waals surface area contributed by atoms with Crippen LogP contribution < -0.4 is 10.6 Å². The number of thiophene rings is 1.